The molecule has 0 saturated carbocycles. The van der Waals surface area contributed by atoms with Crippen molar-refractivity contribution >= 4 is 16.4 Å². The fraction of sp³-hybridized carbons (Fsp3) is 0.588. The lowest BCUT2D eigenvalue weighted by Gasteiger charge is -2.41. The largest absolute Gasteiger partial charge is 0.457 e. The maximum atomic E-state index is 12.8. The molecular formula is C51H80O12S. The smallest absolute Gasteiger partial charge is 0.397 e. The molecule has 6 unspecified atom stereocenters. The Labute approximate surface area is 385 Å². The van der Waals surface area contributed by atoms with Gasteiger partial charge >= 0.3 is 16.4 Å². The van der Waals surface area contributed by atoms with Gasteiger partial charge in [-0.1, -0.05) is 142 Å². The first-order chi connectivity index (χ1) is 31.1. The molecule has 0 aromatic rings. The van der Waals surface area contributed by atoms with Crippen LogP contribution in [-0.4, -0.2) is 97.5 Å². The molecule has 4 N–H and O–H groups in total. The summed E-state index contributed by atoms with van der Waals surface area (Å²) in [5, 5.41) is 30.7. The van der Waals surface area contributed by atoms with Crippen LogP contribution in [0, 0.1) is 0 Å². The quantitative estimate of drug-likeness (QED) is 0.0200. The number of ether oxygens (including phenoxy) is 4. The molecule has 0 amide bonds. The standard InChI is InChI=1S/C51H80O12S/c1-3-5-7-9-11-13-15-17-19-20-21-22-23-24-25-27-29-31-33-35-37-39-41-59-43-45(44-60-51-49(55)50(63-64(56,57)58)48(54)46(42-52)62-51)61-47(53)40-38-36-34-32-30-28-26-18-16-14-12-10-8-6-4-2/h5-8,11-14,17-19,21-22,24-26,29-32,45-46,48-52,54-55H,3-4,9-10,15-16,20,23,27-28,33-44H2,1-2H3,(H,56,57,58)/b7-5-,8-6-,13-11-,14-12-,19-17-,22-21-,25-24-,26-18-,31-29-,32-30-. The maximum absolute atomic E-state index is 12.8. The first kappa shape index (κ1) is 58.5. The van der Waals surface area contributed by atoms with E-state index in [2.05, 4.69) is 140 Å². The van der Waals surface area contributed by atoms with Crippen LogP contribution in [0.15, 0.2) is 122 Å². The zero-order valence-electron chi connectivity index (χ0n) is 38.5. The van der Waals surface area contributed by atoms with Crippen LogP contribution in [0.25, 0.3) is 0 Å². The van der Waals surface area contributed by atoms with Crippen LogP contribution < -0.4 is 0 Å². The lowest BCUT2D eigenvalue weighted by atomic mass is 9.99. The molecule has 1 rings (SSSR count). The summed E-state index contributed by atoms with van der Waals surface area (Å²) in [7, 11) is -5.08. The van der Waals surface area contributed by atoms with Crippen molar-refractivity contribution in [1.82, 2.24) is 0 Å². The molecule has 0 aromatic heterocycles. The van der Waals surface area contributed by atoms with Gasteiger partial charge in [0, 0.05) is 13.0 Å². The van der Waals surface area contributed by atoms with Crippen LogP contribution in [0.4, 0.5) is 0 Å². The second-order valence-corrected chi connectivity index (χ2v) is 16.3. The van der Waals surface area contributed by atoms with E-state index in [1.807, 2.05) is 0 Å². The van der Waals surface area contributed by atoms with Gasteiger partial charge in [0.2, 0.25) is 0 Å². The molecule has 362 valence electrons. The van der Waals surface area contributed by atoms with Crippen LogP contribution in [0.5, 0.6) is 0 Å². The molecule has 64 heavy (non-hydrogen) atoms. The molecule has 1 fully saturated rings. The van der Waals surface area contributed by atoms with Crippen LogP contribution >= 0.6 is 0 Å². The minimum atomic E-state index is -5.08. The van der Waals surface area contributed by atoms with E-state index in [0.717, 1.165) is 103 Å². The number of carbonyl (C=O) groups excluding carboxylic acids is 1. The van der Waals surface area contributed by atoms with Crippen molar-refractivity contribution in [2.24, 2.45) is 0 Å². The lowest BCUT2D eigenvalue weighted by Crippen LogP contribution is -2.60. The van der Waals surface area contributed by atoms with Crippen molar-refractivity contribution in [2.75, 3.05) is 26.4 Å². The molecule has 1 aliphatic heterocycles. The number of hydrogen-bond donors (Lipinski definition) is 4. The summed E-state index contributed by atoms with van der Waals surface area (Å²) in [5.41, 5.74) is 0. The Hall–Kier alpha value is -3.50. The summed E-state index contributed by atoms with van der Waals surface area (Å²) >= 11 is 0. The van der Waals surface area contributed by atoms with Crippen molar-refractivity contribution in [2.45, 2.75) is 166 Å². The summed E-state index contributed by atoms with van der Waals surface area (Å²) in [6, 6.07) is 0. The maximum Gasteiger partial charge on any atom is 0.397 e. The fourth-order valence-corrected chi connectivity index (χ4v) is 6.64. The Balaban J connectivity index is 2.48. The number of rotatable bonds is 38. The van der Waals surface area contributed by atoms with Crippen LogP contribution in [0.1, 0.15) is 129 Å². The topological polar surface area (TPSA) is 178 Å². The van der Waals surface area contributed by atoms with Crippen molar-refractivity contribution < 1.29 is 56.2 Å². The highest BCUT2D eigenvalue weighted by Gasteiger charge is 2.48. The van der Waals surface area contributed by atoms with E-state index in [1.165, 1.54) is 0 Å². The molecule has 12 nitrogen and oxygen atoms in total. The third-order valence-electron chi connectivity index (χ3n) is 9.58. The van der Waals surface area contributed by atoms with Crippen molar-refractivity contribution in [3.63, 3.8) is 0 Å². The average Bonchev–Trinajstić information content (AvgIpc) is 3.27. The van der Waals surface area contributed by atoms with Crippen LogP contribution in [0.2, 0.25) is 0 Å². The second kappa shape index (κ2) is 41.0. The molecule has 0 radical (unpaired) electrons. The third-order valence-corrected chi connectivity index (χ3v) is 10.0. The Morgan fingerprint density at radius 2 is 1.03 bits per heavy atom. The van der Waals surface area contributed by atoms with Crippen molar-refractivity contribution in [3.8, 4) is 0 Å². The van der Waals surface area contributed by atoms with Gasteiger partial charge in [-0.2, -0.15) is 8.42 Å². The van der Waals surface area contributed by atoms with Crippen molar-refractivity contribution in [1.29, 1.82) is 0 Å². The van der Waals surface area contributed by atoms with Crippen molar-refractivity contribution in [3.05, 3.63) is 122 Å². The van der Waals surface area contributed by atoms with Gasteiger partial charge in [-0.15, -0.1) is 0 Å². The Morgan fingerprint density at radius 1 is 0.594 bits per heavy atom. The highest BCUT2D eigenvalue weighted by atomic mass is 32.3. The Bertz CT molecular complexity index is 1570. The molecule has 0 bridgehead atoms. The summed E-state index contributed by atoms with van der Waals surface area (Å²) in [6.45, 7) is 3.59. The third kappa shape index (κ3) is 33.9. The minimum Gasteiger partial charge on any atom is -0.457 e. The zero-order chi connectivity index (χ0) is 46.8. The first-order valence-electron chi connectivity index (χ1n) is 23.3. The Morgan fingerprint density at radius 3 is 1.47 bits per heavy atom. The van der Waals surface area contributed by atoms with E-state index in [-0.39, 0.29) is 19.6 Å². The van der Waals surface area contributed by atoms with Gasteiger partial charge in [0.25, 0.3) is 0 Å². The van der Waals surface area contributed by atoms with Crippen LogP contribution in [-0.2, 0) is 38.3 Å². The van der Waals surface area contributed by atoms with E-state index in [1.54, 1.807) is 0 Å². The predicted octanol–water partition coefficient (Wildman–Crippen LogP) is 10.2. The Kier molecular flexibility index (Phi) is 37.5. The number of aliphatic hydroxyl groups excluding tert-OH is 3. The van der Waals surface area contributed by atoms with Gasteiger partial charge in [-0.05, 0) is 103 Å². The van der Waals surface area contributed by atoms with Gasteiger partial charge in [0.1, 0.15) is 30.5 Å². The van der Waals surface area contributed by atoms with Gasteiger partial charge in [-0.3, -0.25) is 9.35 Å². The number of esters is 1. The molecule has 0 aromatic carbocycles. The molecule has 1 saturated heterocycles. The number of allylic oxidation sites excluding steroid dienone is 20. The highest BCUT2D eigenvalue weighted by molar-refractivity contribution is 7.80. The second-order valence-electron chi connectivity index (χ2n) is 15.2. The van der Waals surface area contributed by atoms with E-state index < -0.39 is 59.8 Å². The first-order valence-corrected chi connectivity index (χ1v) is 24.7. The molecule has 1 heterocycles. The SMILES string of the molecule is CC/C=C\C/C=C\C/C=C\C/C=C\C/C=C\C/C=C\CCCCCOCC(COC1OC(CO)C(O)C(OS(=O)(=O)O)C1O)OC(=O)CCCC/C=C\C/C=C\C/C=C\C/C=C\CC. The number of aliphatic hydroxyl groups is 3. The number of hydrogen-bond acceptors (Lipinski definition) is 11. The van der Waals surface area contributed by atoms with E-state index >= 15 is 0 Å². The number of carbonyl (C=O) groups is 1. The van der Waals surface area contributed by atoms with Gasteiger partial charge in [0.05, 0.1) is 19.8 Å². The van der Waals surface area contributed by atoms with Gasteiger partial charge in [0.15, 0.2) is 6.29 Å². The monoisotopic (exact) mass is 917 g/mol. The minimum absolute atomic E-state index is 0.0132. The molecule has 0 aliphatic carbocycles. The molecule has 6 atom stereocenters. The number of unbranched alkanes of at least 4 members (excludes halogenated alkanes) is 5. The van der Waals surface area contributed by atoms with Gasteiger partial charge in [-0.25, -0.2) is 4.18 Å². The highest BCUT2D eigenvalue weighted by Crippen LogP contribution is 2.26. The summed E-state index contributed by atoms with van der Waals surface area (Å²) in [6.07, 6.45) is 49.5. The van der Waals surface area contributed by atoms with E-state index in [9.17, 15) is 28.5 Å². The normalized spacial score (nSPS) is 20.9. The summed E-state index contributed by atoms with van der Waals surface area (Å²) in [4.78, 5) is 12.8. The predicted molar refractivity (Wildman–Crippen MR) is 257 cm³/mol. The molecule has 0 spiro atoms. The molecule has 1 aliphatic rings. The fourth-order valence-electron chi connectivity index (χ4n) is 6.13. The molecule has 13 heteroatoms. The summed E-state index contributed by atoms with van der Waals surface area (Å²) < 4.78 is 59.0. The van der Waals surface area contributed by atoms with E-state index in [4.69, 9.17) is 23.5 Å². The van der Waals surface area contributed by atoms with E-state index in [0.29, 0.717) is 13.0 Å². The van der Waals surface area contributed by atoms with Gasteiger partial charge < -0.3 is 34.3 Å². The summed E-state index contributed by atoms with van der Waals surface area (Å²) in [5.74, 6) is -0.458. The van der Waals surface area contributed by atoms with Crippen LogP contribution in [0.3, 0.4) is 0 Å². The lowest BCUT2D eigenvalue weighted by molar-refractivity contribution is -0.301. The zero-order valence-corrected chi connectivity index (χ0v) is 39.3. The average molecular weight is 917 g/mol. The molecular weight excluding hydrogens is 837 g/mol.